The zero-order valence-electron chi connectivity index (χ0n) is 20.6. The van der Waals surface area contributed by atoms with Crippen molar-refractivity contribution in [3.05, 3.63) is 65.2 Å². The Morgan fingerprint density at radius 2 is 1.76 bits per heavy atom. The molecule has 1 N–H and O–H groups in total. The topological polar surface area (TPSA) is 79.3 Å². The maximum absolute atomic E-state index is 13.2. The van der Waals surface area contributed by atoms with Gasteiger partial charge >= 0.3 is 0 Å². The number of carbonyl (C=O) groups excluding carboxylic acids is 2. The van der Waals surface area contributed by atoms with E-state index < -0.39 is 17.7 Å². The lowest BCUT2D eigenvalue weighted by Gasteiger charge is -2.27. The van der Waals surface area contributed by atoms with Gasteiger partial charge in [0.2, 0.25) is 0 Å². The molecule has 1 fully saturated rings. The number of ketones is 1. The minimum Gasteiger partial charge on any atom is -0.507 e. The highest BCUT2D eigenvalue weighted by Crippen LogP contribution is 2.42. The monoisotopic (exact) mass is 466 g/mol. The molecular formula is C27H34N2O5. The number of hydrogen-bond acceptors (Lipinski definition) is 6. The second-order valence-corrected chi connectivity index (χ2v) is 8.81. The summed E-state index contributed by atoms with van der Waals surface area (Å²) in [6.45, 7) is 7.33. The Balaban J connectivity index is 2.09. The number of ether oxygens (including phenoxy) is 2. The van der Waals surface area contributed by atoms with Crippen LogP contribution in [0.25, 0.3) is 5.76 Å². The number of likely N-dealkylation sites (tertiary alicyclic amines) is 1. The van der Waals surface area contributed by atoms with Gasteiger partial charge in [-0.05, 0) is 78.2 Å². The summed E-state index contributed by atoms with van der Waals surface area (Å²) >= 11 is 0. The molecule has 0 bridgehead atoms. The standard InChI is InChI=1S/C27H34N2O5/c1-6-33-22-11-8-7-10-21(22)24-23(26(31)27(32)29(24)17-9-16-28(4)5)25(30)19-12-14-20(15-13-19)34-18(2)3/h7-8,10-15,18,24,30H,6,9,16-17H2,1-5H3/b25-23+/t24-/m0/s1. The lowest BCUT2D eigenvalue weighted by Crippen LogP contribution is -2.32. The molecule has 1 atom stereocenters. The van der Waals surface area contributed by atoms with E-state index in [-0.39, 0.29) is 17.4 Å². The highest BCUT2D eigenvalue weighted by molar-refractivity contribution is 6.46. The van der Waals surface area contributed by atoms with Crippen LogP contribution < -0.4 is 9.47 Å². The van der Waals surface area contributed by atoms with Crippen molar-refractivity contribution in [1.82, 2.24) is 9.80 Å². The molecule has 0 spiro atoms. The number of aliphatic hydroxyl groups excluding tert-OH is 1. The summed E-state index contributed by atoms with van der Waals surface area (Å²) in [4.78, 5) is 29.9. The van der Waals surface area contributed by atoms with E-state index in [2.05, 4.69) is 0 Å². The summed E-state index contributed by atoms with van der Waals surface area (Å²) in [6.07, 6.45) is 0.705. The molecular weight excluding hydrogens is 432 g/mol. The van der Waals surface area contributed by atoms with Gasteiger partial charge in [-0.3, -0.25) is 9.59 Å². The fourth-order valence-corrected chi connectivity index (χ4v) is 4.10. The van der Waals surface area contributed by atoms with Crippen LogP contribution >= 0.6 is 0 Å². The van der Waals surface area contributed by atoms with Crippen LogP contribution in [-0.4, -0.2) is 66.5 Å². The molecule has 2 aromatic rings. The fourth-order valence-electron chi connectivity index (χ4n) is 4.10. The Morgan fingerprint density at radius 3 is 2.38 bits per heavy atom. The van der Waals surface area contributed by atoms with E-state index in [1.54, 1.807) is 29.2 Å². The predicted molar refractivity (Wildman–Crippen MR) is 132 cm³/mol. The number of Topliss-reactive ketones (excluding diaryl/α,β-unsaturated/α-hetero) is 1. The van der Waals surface area contributed by atoms with Crippen molar-refractivity contribution in [2.75, 3.05) is 33.8 Å². The van der Waals surface area contributed by atoms with Gasteiger partial charge in [-0.25, -0.2) is 0 Å². The highest BCUT2D eigenvalue weighted by Gasteiger charge is 2.46. The molecule has 0 aromatic heterocycles. The Hall–Kier alpha value is -3.32. The molecule has 7 nitrogen and oxygen atoms in total. The van der Waals surface area contributed by atoms with E-state index in [1.807, 2.05) is 64.0 Å². The zero-order chi connectivity index (χ0) is 24.8. The van der Waals surface area contributed by atoms with E-state index in [1.165, 1.54) is 0 Å². The Kier molecular flexibility index (Phi) is 8.34. The average Bonchev–Trinajstić information content (AvgIpc) is 3.04. The van der Waals surface area contributed by atoms with Crippen LogP contribution in [0.5, 0.6) is 11.5 Å². The quantitative estimate of drug-likeness (QED) is 0.320. The fraction of sp³-hybridized carbons (Fsp3) is 0.407. The van der Waals surface area contributed by atoms with Crippen molar-refractivity contribution in [2.45, 2.75) is 39.3 Å². The lowest BCUT2D eigenvalue weighted by molar-refractivity contribution is -0.140. The maximum atomic E-state index is 13.2. The van der Waals surface area contributed by atoms with E-state index >= 15 is 0 Å². The zero-order valence-corrected chi connectivity index (χ0v) is 20.6. The van der Waals surface area contributed by atoms with Crippen molar-refractivity contribution < 1.29 is 24.2 Å². The van der Waals surface area contributed by atoms with Crippen molar-refractivity contribution >= 4 is 17.4 Å². The summed E-state index contributed by atoms with van der Waals surface area (Å²) < 4.78 is 11.5. The first-order chi connectivity index (χ1) is 16.2. The molecule has 0 unspecified atom stereocenters. The third-order valence-corrected chi connectivity index (χ3v) is 5.56. The first-order valence-electron chi connectivity index (χ1n) is 11.7. The van der Waals surface area contributed by atoms with Crippen molar-refractivity contribution in [3.8, 4) is 11.5 Å². The van der Waals surface area contributed by atoms with Gasteiger partial charge in [-0.15, -0.1) is 0 Å². The van der Waals surface area contributed by atoms with Crippen LogP contribution in [0.2, 0.25) is 0 Å². The van der Waals surface area contributed by atoms with Crippen molar-refractivity contribution in [1.29, 1.82) is 0 Å². The van der Waals surface area contributed by atoms with E-state index in [9.17, 15) is 14.7 Å². The summed E-state index contributed by atoms with van der Waals surface area (Å²) in [5.74, 6) is -0.270. The molecule has 1 aliphatic rings. The van der Waals surface area contributed by atoms with Gasteiger partial charge in [-0.1, -0.05) is 18.2 Å². The van der Waals surface area contributed by atoms with E-state index in [0.717, 1.165) is 6.54 Å². The molecule has 0 saturated carbocycles. The minimum absolute atomic E-state index is 0.0157. The number of amides is 1. The molecule has 1 aliphatic heterocycles. The summed E-state index contributed by atoms with van der Waals surface area (Å²) in [7, 11) is 3.92. The van der Waals surface area contributed by atoms with Gasteiger partial charge < -0.3 is 24.4 Å². The molecule has 2 aromatic carbocycles. The summed E-state index contributed by atoms with van der Waals surface area (Å²) in [5.41, 5.74) is 1.19. The van der Waals surface area contributed by atoms with Gasteiger partial charge in [0.1, 0.15) is 17.3 Å². The molecule has 1 amide bonds. The average molecular weight is 467 g/mol. The molecule has 182 valence electrons. The van der Waals surface area contributed by atoms with Gasteiger partial charge in [0.15, 0.2) is 0 Å². The smallest absolute Gasteiger partial charge is 0.295 e. The van der Waals surface area contributed by atoms with Crippen LogP contribution in [0.3, 0.4) is 0 Å². The van der Waals surface area contributed by atoms with Gasteiger partial charge in [-0.2, -0.15) is 0 Å². The summed E-state index contributed by atoms with van der Waals surface area (Å²) in [5, 5.41) is 11.3. The van der Waals surface area contributed by atoms with Crippen molar-refractivity contribution in [3.63, 3.8) is 0 Å². The van der Waals surface area contributed by atoms with Gasteiger partial charge in [0.25, 0.3) is 11.7 Å². The molecule has 34 heavy (non-hydrogen) atoms. The molecule has 7 heteroatoms. The number of carbonyl (C=O) groups is 2. The number of benzene rings is 2. The lowest BCUT2D eigenvalue weighted by atomic mass is 9.94. The van der Waals surface area contributed by atoms with Crippen LogP contribution in [0.15, 0.2) is 54.1 Å². The van der Waals surface area contributed by atoms with Crippen LogP contribution in [0.4, 0.5) is 0 Å². The molecule has 0 radical (unpaired) electrons. The Labute approximate surface area is 201 Å². The first kappa shape index (κ1) is 25.3. The maximum Gasteiger partial charge on any atom is 0.295 e. The second kappa shape index (κ2) is 11.2. The molecule has 3 rings (SSSR count). The SMILES string of the molecule is CCOc1ccccc1[C@H]1/C(=C(\O)c2ccc(OC(C)C)cc2)C(=O)C(=O)N1CCCN(C)C. The minimum atomic E-state index is -0.739. The summed E-state index contributed by atoms with van der Waals surface area (Å²) in [6, 6.07) is 13.5. The van der Waals surface area contributed by atoms with Crippen LogP contribution in [0.1, 0.15) is 44.4 Å². The number of aliphatic hydroxyl groups is 1. The Bertz CT molecular complexity index is 1040. The predicted octanol–water partition coefficient (Wildman–Crippen LogP) is 4.25. The normalized spacial score (nSPS) is 17.6. The third-order valence-electron chi connectivity index (χ3n) is 5.56. The highest BCUT2D eigenvalue weighted by atomic mass is 16.5. The van der Waals surface area contributed by atoms with Crippen molar-refractivity contribution in [2.24, 2.45) is 0 Å². The van der Waals surface area contributed by atoms with Crippen LogP contribution in [-0.2, 0) is 9.59 Å². The van der Waals surface area contributed by atoms with E-state index in [4.69, 9.17) is 9.47 Å². The number of rotatable bonds is 10. The van der Waals surface area contributed by atoms with E-state index in [0.29, 0.717) is 42.2 Å². The van der Waals surface area contributed by atoms with Crippen LogP contribution in [0, 0.1) is 0 Å². The van der Waals surface area contributed by atoms with Gasteiger partial charge in [0, 0.05) is 17.7 Å². The largest absolute Gasteiger partial charge is 0.507 e. The molecule has 0 aliphatic carbocycles. The second-order valence-electron chi connectivity index (χ2n) is 8.81. The molecule has 1 saturated heterocycles. The number of nitrogens with zero attached hydrogens (tertiary/aromatic N) is 2. The van der Waals surface area contributed by atoms with Gasteiger partial charge in [0.05, 0.1) is 24.3 Å². The molecule has 1 heterocycles. The number of hydrogen-bond donors (Lipinski definition) is 1. The number of para-hydroxylation sites is 1. The first-order valence-corrected chi connectivity index (χ1v) is 11.7. The third kappa shape index (κ3) is 5.59. The Morgan fingerprint density at radius 1 is 1.09 bits per heavy atom.